The minimum Gasteiger partial charge on any atom is -0.507 e. The highest BCUT2D eigenvalue weighted by Gasteiger charge is 2.14. The fourth-order valence-electron chi connectivity index (χ4n) is 2.06. The van der Waals surface area contributed by atoms with E-state index in [2.05, 4.69) is 18.8 Å². The molecule has 18 heavy (non-hydrogen) atoms. The van der Waals surface area contributed by atoms with Gasteiger partial charge in [-0.3, -0.25) is 4.98 Å². The molecule has 1 aromatic heterocycles. The molecule has 0 fully saturated rings. The monoisotopic (exact) mass is 263 g/mol. The Labute approximate surface area is 113 Å². The van der Waals surface area contributed by atoms with Gasteiger partial charge in [-0.05, 0) is 43.9 Å². The van der Waals surface area contributed by atoms with Crippen LogP contribution in [0.15, 0.2) is 12.1 Å². The van der Waals surface area contributed by atoms with Crippen LogP contribution in [0.1, 0.15) is 43.0 Å². The highest BCUT2D eigenvalue weighted by Crippen LogP contribution is 2.35. The lowest BCUT2D eigenvalue weighted by atomic mass is 9.96. The Kier molecular flexibility index (Phi) is 3.49. The first kappa shape index (κ1) is 13.2. The van der Waals surface area contributed by atoms with E-state index >= 15 is 0 Å². The molecule has 1 heterocycles. The highest BCUT2D eigenvalue weighted by atomic mass is 35.5. The molecule has 0 bridgehead atoms. The molecule has 0 saturated heterocycles. The summed E-state index contributed by atoms with van der Waals surface area (Å²) in [6, 6.07) is 3.96. The Bertz CT molecular complexity index is 607. The Morgan fingerprint density at radius 3 is 2.61 bits per heavy atom. The second kappa shape index (κ2) is 4.77. The van der Waals surface area contributed by atoms with E-state index < -0.39 is 0 Å². The molecule has 96 valence electrons. The number of nitrogens with zero attached hydrogens (tertiary/aromatic N) is 1. The van der Waals surface area contributed by atoms with Crippen molar-refractivity contribution in [3.05, 3.63) is 34.0 Å². The molecule has 2 nitrogen and oxygen atoms in total. The number of rotatable bonds is 2. The number of benzene rings is 1. The summed E-state index contributed by atoms with van der Waals surface area (Å²) < 4.78 is 0. The minimum absolute atomic E-state index is 0.296. The maximum Gasteiger partial charge on any atom is 0.129 e. The quantitative estimate of drug-likeness (QED) is 0.850. The first-order chi connectivity index (χ1) is 8.45. The van der Waals surface area contributed by atoms with Crippen molar-refractivity contribution in [3.8, 4) is 5.75 Å². The molecule has 0 saturated carbocycles. The van der Waals surface area contributed by atoms with E-state index in [0.29, 0.717) is 22.2 Å². The van der Waals surface area contributed by atoms with Gasteiger partial charge in [0.1, 0.15) is 5.75 Å². The minimum atomic E-state index is 0.296. The lowest BCUT2D eigenvalue weighted by Gasteiger charge is -2.14. The van der Waals surface area contributed by atoms with E-state index in [4.69, 9.17) is 11.6 Å². The van der Waals surface area contributed by atoms with Crippen molar-refractivity contribution in [1.29, 1.82) is 0 Å². The molecule has 0 aliphatic rings. The smallest absolute Gasteiger partial charge is 0.129 e. The third-order valence-corrected chi connectivity index (χ3v) is 3.99. The van der Waals surface area contributed by atoms with Crippen LogP contribution in [0, 0.1) is 13.8 Å². The summed E-state index contributed by atoms with van der Waals surface area (Å²) in [6.45, 7) is 8.05. The Morgan fingerprint density at radius 1 is 1.33 bits per heavy atom. The van der Waals surface area contributed by atoms with Crippen LogP contribution in [-0.2, 0) is 0 Å². The summed E-state index contributed by atoms with van der Waals surface area (Å²) in [5, 5.41) is 11.6. The lowest BCUT2D eigenvalue weighted by Crippen LogP contribution is -1.95. The third kappa shape index (κ3) is 2.05. The number of pyridine rings is 1. The molecule has 1 unspecified atom stereocenters. The predicted octanol–water partition coefficient (Wildman–Crippen LogP) is 4.72. The summed E-state index contributed by atoms with van der Waals surface area (Å²) in [6.07, 6.45) is 1.04. The van der Waals surface area contributed by atoms with Crippen molar-refractivity contribution < 1.29 is 5.11 Å². The standard InChI is InChI=1S/C15H18ClNO/c1-5-8(2)11-6-12-14(13(16)7-11)17-10(4)9(3)15(12)18/h6-8H,5H2,1-4H3,(H,17,18). The first-order valence-corrected chi connectivity index (χ1v) is 6.62. The first-order valence-electron chi connectivity index (χ1n) is 6.25. The van der Waals surface area contributed by atoms with Gasteiger partial charge in [-0.15, -0.1) is 0 Å². The topological polar surface area (TPSA) is 33.1 Å². The molecule has 1 atom stereocenters. The van der Waals surface area contributed by atoms with Crippen LogP contribution >= 0.6 is 11.6 Å². The summed E-state index contributed by atoms with van der Waals surface area (Å²) in [7, 11) is 0. The van der Waals surface area contributed by atoms with Crippen molar-refractivity contribution in [2.45, 2.75) is 40.0 Å². The number of fused-ring (bicyclic) bond motifs is 1. The average molecular weight is 264 g/mol. The van der Waals surface area contributed by atoms with Gasteiger partial charge in [0.05, 0.1) is 10.5 Å². The molecular formula is C15H18ClNO. The normalized spacial score (nSPS) is 12.9. The van der Waals surface area contributed by atoms with Gasteiger partial charge < -0.3 is 5.11 Å². The SMILES string of the molecule is CCC(C)c1cc(Cl)c2nc(C)c(C)c(O)c2c1. The fourth-order valence-corrected chi connectivity index (χ4v) is 2.33. The van der Waals surface area contributed by atoms with Crippen LogP contribution in [-0.4, -0.2) is 10.1 Å². The summed E-state index contributed by atoms with van der Waals surface area (Å²) in [5.41, 5.74) is 3.47. The van der Waals surface area contributed by atoms with Crippen LogP contribution in [0.2, 0.25) is 5.02 Å². The summed E-state index contributed by atoms with van der Waals surface area (Å²) in [4.78, 5) is 4.47. The number of aromatic hydroxyl groups is 1. The number of hydrogen-bond acceptors (Lipinski definition) is 2. The molecule has 0 spiro atoms. The Morgan fingerprint density at radius 2 is 2.00 bits per heavy atom. The van der Waals surface area contributed by atoms with Crippen molar-refractivity contribution in [3.63, 3.8) is 0 Å². The number of hydrogen-bond donors (Lipinski definition) is 1. The lowest BCUT2D eigenvalue weighted by molar-refractivity contribution is 0.476. The van der Waals surface area contributed by atoms with Crippen LogP contribution < -0.4 is 0 Å². The van der Waals surface area contributed by atoms with Crippen molar-refractivity contribution in [2.24, 2.45) is 0 Å². The van der Waals surface area contributed by atoms with Crippen molar-refractivity contribution >= 4 is 22.5 Å². The van der Waals surface area contributed by atoms with E-state index in [1.54, 1.807) is 0 Å². The number of halogens is 1. The second-order valence-electron chi connectivity index (χ2n) is 4.88. The van der Waals surface area contributed by atoms with Gasteiger partial charge in [0.15, 0.2) is 0 Å². The Balaban J connectivity index is 2.79. The third-order valence-electron chi connectivity index (χ3n) is 3.70. The van der Waals surface area contributed by atoms with E-state index in [1.807, 2.05) is 26.0 Å². The van der Waals surface area contributed by atoms with Gasteiger partial charge in [0.2, 0.25) is 0 Å². The van der Waals surface area contributed by atoms with Gasteiger partial charge in [0, 0.05) is 16.6 Å². The van der Waals surface area contributed by atoms with Crippen LogP contribution in [0.4, 0.5) is 0 Å². The maximum atomic E-state index is 10.2. The number of aryl methyl sites for hydroxylation is 1. The zero-order chi connectivity index (χ0) is 13.4. The Hall–Kier alpha value is -1.28. The van der Waals surface area contributed by atoms with Crippen LogP contribution in [0.5, 0.6) is 5.75 Å². The van der Waals surface area contributed by atoms with E-state index in [-0.39, 0.29) is 0 Å². The maximum absolute atomic E-state index is 10.2. The second-order valence-corrected chi connectivity index (χ2v) is 5.29. The van der Waals surface area contributed by atoms with E-state index in [1.165, 1.54) is 0 Å². The number of aromatic nitrogens is 1. The van der Waals surface area contributed by atoms with Crippen LogP contribution in [0.3, 0.4) is 0 Å². The molecule has 2 rings (SSSR count). The molecule has 1 aromatic carbocycles. The molecule has 0 amide bonds. The van der Waals surface area contributed by atoms with Crippen molar-refractivity contribution in [1.82, 2.24) is 4.98 Å². The zero-order valence-corrected chi connectivity index (χ0v) is 12.0. The van der Waals surface area contributed by atoms with Gasteiger partial charge in [-0.25, -0.2) is 0 Å². The van der Waals surface area contributed by atoms with Gasteiger partial charge in [-0.1, -0.05) is 25.4 Å². The van der Waals surface area contributed by atoms with Gasteiger partial charge >= 0.3 is 0 Å². The largest absolute Gasteiger partial charge is 0.507 e. The summed E-state index contributed by atoms with van der Waals surface area (Å²) in [5.74, 6) is 0.720. The van der Waals surface area contributed by atoms with Crippen molar-refractivity contribution in [2.75, 3.05) is 0 Å². The van der Waals surface area contributed by atoms with Crippen LogP contribution in [0.25, 0.3) is 10.9 Å². The molecule has 0 radical (unpaired) electrons. The average Bonchev–Trinajstić information content (AvgIpc) is 2.36. The van der Waals surface area contributed by atoms with E-state index in [0.717, 1.165) is 28.6 Å². The molecule has 2 aromatic rings. The fraction of sp³-hybridized carbons (Fsp3) is 0.400. The predicted molar refractivity (Wildman–Crippen MR) is 76.6 cm³/mol. The molecular weight excluding hydrogens is 246 g/mol. The molecule has 0 aliphatic carbocycles. The molecule has 0 aliphatic heterocycles. The zero-order valence-electron chi connectivity index (χ0n) is 11.2. The molecule has 3 heteroatoms. The molecule has 1 N–H and O–H groups in total. The van der Waals surface area contributed by atoms with Gasteiger partial charge in [-0.2, -0.15) is 0 Å². The highest BCUT2D eigenvalue weighted by molar-refractivity contribution is 6.35. The summed E-state index contributed by atoms with van der Waals surface area (Å²) >= 11 is 6.29. The van der Waals surface area contributed by atoms with Gasteiger partial charge in [0.25, 0.3) is 0 Å². The van der Waals surface area contributed by atoms with E-state index in [9.17, 15) is 5.11 Å².